The number of hydrogen-bond acceptors (Lipinski definition) is 5. The number of nitrogens with one attached hydrogen (secondary N) is 1. The van der Waals surface area contributed by atoms with Crippen LogP contribution in [0.15, 0.2) is 57.7 Å². The van der Waals surface area contributed by atoms with Gasteiger partial charge in [-0.15, -0.1) is 0 Å². The lowest BCUT2D eigenvalue weighted by atomic mass is 10.2. The second-order valence-electron chi connectivity index (χ2n) is 6.79. The van der Waals surface area contributed by atoms with Crippen molar-refractivity contribution in [2.24, 2.45) is 0 Å². The van der Waals surface area contributed by atoms with E-state index in [2.05, 4.69) is 10.2 Å². The van der Waals surface area contributed by atoms with Crippen LogP contribution in [0.5, 0.6) is 0 Å². The average Bonchev–Trinajstić information content (AvgIpc) is 3.04. The van der Waals surface area contributed by atoms with E-state index in [0.717, 1.165) is 43.2 Å². The highest BCUT2D eigenvalue weighted by atomic mass is 16.5. The van der Waals surface area contributed by atoms with Crippen molar-refractivity contribution >= 4 is 28.4 Å². The Balaban J connectivity index is 1.29. The van der Waals surface area contributed by atoms with E-state index in [4.69, 9.17) is 9.15 Å². The van der Waals surface area contributed by atoms with Crippen molar-refractivity contribution in [2.75, 3.05) is 36.5 Å². The predicted octanol–water partition coefficient (Wildman–Crippen LogP) is 2.85. The number of para-hydroxylation sites is 2. The monoisotopic (exact) mass is 381 g/mol. The Morgan fingerprint density at radius 3 is 2.57 bits per heavy atom. The molecule has 146 valence electrons. The van der Waals surface area contributed by atoms with E-state index >= 15 is 0 Å². The Labute approximate surface area is 162 Å². The van der Waals surface area contributed by atoms with Crippen molar-refractivity contribution in [3.05, 3.63) is 59.1 Å². The SMILES string of the molecule is O=C(CCCn1c(=O)oc2ccccc21)Nc1ccc(N2CCOCC2)cc1. The number of aryl methyl sites for hydroxylation is 1. The molecule has 1 amide bonds. The van der Waals surface area contributed by atoms with Crippen molar-refractivity contribution in [3.63, 3.8) is 0 Å². The van der Waals surface area contributed by atoms with Crippen molar-refractivity contribution in [2.45, 2.75) is 19.4 Å². The summed E-state index contributed by atoms with van der Waals surface area (Å²) in [5.41, 5.74) is 3.23. The van der Waals surface area contributed by atoms with Gasteiger partial charge in [-0.3, -0.25) is 9.36 Å². The largest absolute Gasteiger partial charge is 0.419 e. The topological polar surface area (TPSA) is 76.7 Å². The second-order valence-corrected chi connectivity index (χ2v) is 6.79. The molecule has 2 heterocycles. The fraction of sp³-hybridized carbons (Fsp3) is 0.333. The molecule has 7 heteroatoms. The number of benzene rings is 2. The molecule has 0 unspecified atom stereocenters. The van der Waals surface area contributed by atoms with Crippen molar-refractivity contribution < 1.29 is 13.9 Å². The Morgan fingerprint density at radius 1 is 1.04 bits per heavy atom. The van der Waals surface area contributed by atoms with E-state index in [0.29, 0.717) is 25.0 Å². The quantitative estimate of drug-likeness (QED) is 0.711. The van der Waals surface area contributed by atoms with Crippen LogP contribution >= 0.6 is 0 Å². The number of fused-ring (bicyclic) bond motifs is 1. The number of carbonyl (C=O) groups excluding carboxylic acids is 1. The minimum atomic E-state index is -0.389. The number of rotatable bonds is 6. The molecule has 4 rings (SSSR count). The fourth-order valence-corrected chi connectivity index (χ4v) is 3.42. The summed E-state index contributed by atoms with van der Waals surface area (Å²) < 4.78 is 12.1. The lowest BCUT2D eigenvalue weighted by molar-refractivity contribution is -0.116. The molecule has 1 aliphatic rings. The lowest BCUT2D eigenvalue weighted by Crippen LogP contribution is -2.36. The molecule has 1 fully saturated rings. The molecule has 0 aliphatic carbocycles. The Bertz CT molecular complexity index is 1000. The molecule has 0 spiro atoms. The molecule has 1 aliphatic heterocycles. The second kappa shape index (κ2) is 8.31. The molecule has 3 aromatic rings. The standard InChI is InChI=1S/C21H23N3O4/c25-20(6-3-11-24-18-4-1-2-5-19(18)28-21(24)26)22-16-7-9-17(10-8-16)23-12-14-27-15-13-23/h1-2,4-5,7-10H,3,6,11-15H2,(H,22,25). The number of oxazole rings is 1. The molecule has 0 radical (unpaired) electrons. The molecule has 0 saturated carbocycles. The number of hydrogen-bond donors (Lipinski definition) is 1. The third-order valence-electron chi connectivity index (χ3n) is 4.89. The zero-order chi connectivity index (χ0) is 19.3. The van der Waals surface area contributed by atoms with Gasteiger partial charge in [-0.05, 0) is 42.8 Å². The minimum absolute atomic E-state index is 0.0695. The van der Waals surface area contributed by atoms with E-state index in [1.54, 1.807) is 10.6 Å². The Morgan fingerprint density at radius 2 is 1.79 bits per heavy atom. The molecule has 1 saturated heterocycles. The number of morpholine rings is 1. The number of nitrogens with zero attached hydrogens (tertiary/aromatic N) is 2. The normalized spacial score (nSPS) is 14.4. The molecule has 2 aromatic carbocycles. The number of aromatic nitrogens is 1. The van der Waals surface area contributed by atoms with E-state index in [1.165, 1.54) is 0 Å². The third-order valence-corrected chi connectivity index (χ3v) is 4.89. The van der Waals surface area contributed by atoms with Crippen LogP contribution in [-0.2, 0) is 16.1 Å². The average molecular weight is 381 g/mol. The van der Waals surface area contributed by atoms with E-state index in [-0.39, 0.29) is 11.7 Å². The molecular weight excluding hydrogens is 358 g/mol. The van der Waals surface area contributed by atoms with Crippen LogP contribution in [0.25, 0.3) is 11.1 Å². The highest BCUT2D eigenvalue weighted by Gasteiger charge is 2.12. The maximum atomic E-state index is 12.2. The van der Waals surface area contributed by atoms with Crippen LogP contribution in [-0.4, -0.2) is 36.8 Å². The summed E-state index contributed by atoms with van der Waals surface area (Å²) >= 11 is 0. The van der Waals surface area contributed by atoms with Crippen LogP contribution in [0.4, 0.5) is 11.4 Å². The molecule has 0 bridgehead atoms. The first-order chi connectivity index (χ1) is 13.7. The van der Waals surface area contributed by atoms with Crippen molar-refractivity contribution in [1.29, 1.82) is 0 Å². The van der Waals surface area contributed by atoms with Gasteiger partial charge in [0.1, 0.15) is 0 Å². The number of carbonyl (C=O) groups is 1. The van der Waals surface area contributed by atoms with Crippen LogP contribution in [0.1, 0.15) is 12.8 Å². The zero-order valence-corrected chi connectivity index (χ0v) is 15.6. The van der Waals surface area contributed by atoms with E-state index < -0.39 is 0 Å². The van der Waals surface area contributed by atoms with Gasteiger partial charge in [0, 0.05) is 37.4 Å². The maximum absolute atomic E-state index is 12.2. The third kappa shape index (κ3) is 4.09. The van der Waals surface area contributed by atoms with Gasteiger partial charge in [0.15, 0.2) is 5.58 Å². The molecular formula is C21H23N3O4. The summed E-state index contributed by atoms with van der Waals surface area (Å²) in [4.78, 5) is 26.4. The first kappa shape index (κ1) is 18.3. The molecule has 7 nitrogen and oxygen atoms in total. The van der Waals surface area contributed by atoms with Gasteiger partial charge in [0.25, 0.3) is 0 Å². The van der Waals surface area contributed by atoms with E-state index in [1.807, 2.05) is 42.5 Å². The lowest BCUT2D eigenvalue weighted by Gasteiger charge is -2.28. The van der Waals surface area contributed by atoms with Gasteiger partial charge in [-0.2, -0.15) is 0 Å². The Hall–Kier alpha value is -3.06. The van der Waals surface area contributed by atoms with Crippen LogP contribution in [0, 0.1) is 0 Å². The summed E-state index contributed by atoms with van der Waals surface area (Å²) in [7, 11) is 0. The number of amides is 1. The highest BCUT2D eigenvalue weighted by Crippen LogP contribution is 2.19. The first-order valence-electron chi connectivity index (χ1n) is 9.52. The maximum Gasteiger partial charge on any atom is 0.419 e. The van der Waals surface area contributed by atoms with Gasteiger partial charge in [0.2, 0.25) is 5.91 Å². The summed E-state index contributed by atoms with van der Waals surface area (Å²) in [5.74, 6) is -0.458. The zero-order valence-electron chi connectivity index (χ0n) is 15.6. The summed E-state index contributed by atoms with van der Waals surface area (Å²) in [6.07, 6.45) is 0.887. The van der Waals surface area contributed by atoms with Crippen LogP contribution in [0.2, 0.25) is 0 Å². The smallest absolute Gasteiger partial charge is 0.408 e. The molecule has 1 N–H and O–H groups in total. The summed E-state index contributed by atoms with van der Waals surface area (Å²) in [6, 6.07) is 15.1. The van der Waals surface area contributed by atoms with Gasteiger partial charge in [-0.25, -0.2) is 4.79 Å². The number of anilines is 2. The van der Waals surface area contributed by atoms with Crippen LogP contribution < -0.4 is 16.0 Å². The van der Waals surface area contributed by atoms with Gasteiger partial charge in [-0.1, -0.05) is 12.1 Å². The molecule has 28 heavy (non-hydrogen) atoms. The first-order valence-corrected chi connectivity index (χ1v) is 9.52. The van der Waals surface area contributed by atoms with Gasteiger partial charge in [0.05, 0.1) is 18.7 Å². The number of ether oxygens (including phenoxy) is 1. The van der Waals surface area contributed by atoms with Crippen LogP contribution in [0.3, 0.4) is 0 Å². The minimum Gasteiger partial charge on any atom is -0.408 e. The van der Waals surface area contributed by atoms with Gasteiger partial charge < -0.3 is 19.4 Å². The molecule has 0 atom stereocenters. The van der Waals surface area contributed by atoms with Crippen molar-refractivity contribution in [1.82, 2.24) is 4.57 Å². The van der Waals surface area contributed by atoms with E-state index in [9.17, 15) is 9.59 Å². The Kier molecular flexibility index (Phi) is 5.43. The summed E-state index contributed by atoms with van der Waals surface area (Å²) in [6.45, 7) is 3.70. The highest BCUT2D eigenvalue weighted by molar-refractivity contribution is 5.90. The van der Waals surface area contributed by atoms with Gasteiger partial charge >= 0.3 is 5.76 Å². The fourth-order valence-electron chi connectivity index (χ4n) is 3.42. The molecule has 1 aromatic heterocycles. The van der Waals surface area contributed by atoms with Crippen molar-refractivity contribution in [3.8, 4) is 0 Å². The summed E-state index contributed by atoms with van der Waals surface area (Å²) in [5, 5.41) is 2.91. The predicted molar refractivity (Wildman–Crippen MR) is 108 cm³/mol.